The minimum atomic E-state index is -3.45. The number of nitrogens with one attached hydrogen (secondary N) is 2. The van der Waals surface area contributed by atoms with Gasteiger partial charge in [0.25, 0.3) is 0 Å². The lowest BCUT2D eigenvalue weighted by molar-refractivity contribution is -0.118. The normalized spacial score (nSPS) is 32.6. The predicted octanol–water partition coefficient (Wildman–Crippen LogP) is 1.30. The molecule has 124 valence electrons. The molecule has 1 aliphatic heterocycles. The van der Waals surface area contributed by atoms with Crippen LogP contribution in [0, 0.1) is 17.8 Å². The van der Waals surface area contributed by atoms with Gasteiger partial charge in [0, 0.05) is 24.5 Å². The number of pyridine rings is 1. The standard InChI is InChI=1S/C16H21N3O3S/c20-16-15(7-12-8-17-4-3-14(12)18-16)19-23(21,22)9-13-6-10-1-2-11(13)5-10/h3-4,8,10-11,13,15,19H,1-2,5-7,9H2,(H,18,20). The van der Waals surface area contributed by atoms with E-state index in [0.29, 0.717) is 18.0 Å². The highest BCUT2D eigenvalue weighted by molar-refractivity contribution is 7.89. The van der Waals surface area contributed by atoms with E-state index in [1.165, 1.54) is 12.8 Å². The van der Waals surface area contributed by atoms with E-state index in [1.807, 2.05) is 0 Å². The molecule has 0 saturated heterocycles. The molecule has 0 radical (unpaired) electrons. The van der Waals surface area contributed by atoms with Crippen LogP contribution >= 0.6 is 0 Å². The molecular formula is C16H21N3O3S. The van der Waals surface area contributed by atoms with Crippen molar-refractivity contribution >= 4 is 21.6 Å². The molecule has 2 bridgehead atoms. The number of anilines is 1. The second kappa shape index (κ2) is 5.56. The van der Waals surface area contributed by atoms with E-state index in [4.69, 9.17) is 0 Å². The maximum Gasteiger partial charge on any atom is 0.242 e. The summed E-state index contributed by atoms with van der Waals surface area (Å²) in [5.41, 5.74) is 1.58. The summed E-state index contributed by atoms with van der Waals surface area (Å²) >= 11 is 0. The van der Waals surface area contributed by atoms with Gasteiger partial charge in [0.05, 0.1) is 5.75 Å². The van der Waals surface area contributed by atoms with Crippen LogP contribution in [0.5, 0.6) is 0 Å². The van der Waals surface area contributed by atoms with Gasteiger partial charge in [0.1, 0.15) is 6.04 Å². The van der Waals surface area contributed by atoms with Crippen LogP contribution in [0.3, 0.4) is 0 Å². The van der Waals surface area contributed by atoms with Crippen molar-refractivity contribution in [2.45, 2.75) is 38.1 Å². The van der Waals surface area contributed by atoms with E-state index in [-0.39, 0.29) is 17.6 Å². The average molecular weight is 335 g/mol. The third kappa shape index (κ3) is 2.99. The number of carbonyl (C=O) groups excluding carboxylic acids is 1. The van der Waals surface area contributed by atoms with Crippen molar-refractivity contribution in [3.63, 3.8) is 0 Å². The SMILES string of the molecule is O=C1Nc2ccncc2CC1NS(=O)(=O)CC1CC2CCC1C2. The minimum absolute atomic E-state index is 0.151. The van der Waals surface area contributed by atoms with E-state index in [1.54, 1.807) is 18.5 Å². The summed E-state index contributed by atoms with van der Waals surface area (Å²) in [6.45, 7) is 0. The summed E-state index contributed by atoms with van der Waals surface area (Å²) in [7, 11) is -3.45. The van der Waals surface area contributed by atoms with E-state index >= 15 is 0 Å². The second-order valence-corrected chi connectivity index (χ2v) is 8.91. The van der Waals surface area contributed by atoms with Gasteiger partial charge in [0.15, 0.2) is 0 Å². The molecule has 1 aromatic rings. The molecule has 2 N–H and O–H groups in total. The van der Waals surface area contributed by atoms with Crippen LogP contribution in [0.25, 0.3) is 0 Å². The van der Waals surface area contributed by atoms with Crippen molar-refractivity contribution < 1.29 is 13.2 Å². The van der Waals surface area contributed by atoms with Crippen LogP contribution in [0.15, 0.2) is 18.5 Å². The zero-order valence-electron chi connectivity index (χ0n) is 12.9. The summed E-state index contributed by atoms with van der Waals surface area (Å²) in [6, 6.07) is 0.989. The summed E-state index contributed by atoms with van der Waals surface area (Å²) < 4.78 is 27.6. The summed E-state index contributed by atoms with van der Waals surface area (Å²) in [6.07, 6.45) is 8.26. The first-order valence-corrected chi connectivity index (χ1v) is 9.89. The zero-order chi connectivity index (χ0) is 16.0. The highest BCUT2D eigenvalue weighted by atomic mass is 32.2. The average Bonchev–Trinajstić information content (AvgIpc) is 3.09. The van der Waals surface area contributed by atoms with E-state index in [0.717, 1.165) is 24.3 Å². The van der Waals surface area contributed by atoms with Crippen molar-refractivity contribution in [3.8, 4) is 0 Å². The Morgan fingerprint density at radius 2 is 2.17 bits per heavy atom. The lowest BCUT2D eigenvalue weighted by atomic mass is 9.90. The van der Waals surface area contributed by atoms with Gasteiger partial charge in [-0.3, -0.25) is 9.78 Å². The Hall–Kier alpha value is -1.47. The van der Waals surface area contributed by atoms with Gasteiger partial charge in [-0.25, -0.2) is 13.1 Å². The van der Waals surface area contributed by atoms with Gasteiger partial charge in [-0.15, -0.1) is 0 Å². The number of nitrogens with zero attached hydrogens (tertiary/aromatic N) is 1. The number of amides is 1. The van der Waals surface area contributed by atoms with E-state index in [9.17, 15) is 13.2 Å². The first-order chi connectivity index (χ1) is 11.0. The monoisotopic (exact) mass is 335 g/mol. The molecule has 3 aliphatic rings. The van der Waals surface area contributed by atoms with Crippen LogP contribution in [0.1, 0.15) is 31.2 Å². The van der Waals surface area contributed by atoms with E-state index in [2.05, 4.69) is 15.0 Å². The van der Waals surface area contributed by atoms with Gasteiger partial charge in [-0.05, 0) is 48.6 Å². The molecule has 4 atom stereocenters. The smallest absolute Gasteiger partial charge is 0.242 e. The van der Waals surface area contributed by atoms with Crippen LogP contribution in [-0.4, -0.2) is 31.1 Å². The number of hydrogen-bond donors (Lipinski definition) is 2. The van der Waals surface area contributed by atoms with E-state index < -0.39 is 16.1 Å². The van der Waals surface area contributed by atoms with Gasteiger partial charge in [0.2, 0.25) is 15.9 Å². The molecule has 2 saturated carbocycles. The number of sulfonamides is 1. The van der Waals surface area contributed by atoms with Crippen molar-refractivity contribution in [3.05, 3.63) is 24.0 Å². The first kappa shape index (κ1) is 15.1. The minimum Gasteiger partial charge on any atom is -0.324 e. The molecule has 1 amide bonds. The maximum absolute atomic E-state index is 12.5. The number of rotatable bonds is 4. The maximum atomic E-state index is 12.5. The molecule has 1 aromatic heterocycles. The Morgan fingerprint density at radius 1 is 1.30 bits per heavy atom. The largest absolute Gasteiger partial charge is 0.324 e. The highest BCUT2D eigenvalue weighted by Crippen LogP contribution is 2.48. The zero-order valence-corrected chi connectivity index (χ0v) is 13.7. The molecule has 2 heterocycles. The Kier molecular flexibility index (Phi) is 3.65. The van der Waals surface area contributed by atoms with Crippen molar-refractivity contribution in [1.29, 1.82) is 0 Å². The van der Waals surface area contributed by atoms with Crippen LogP contribution in [0.4, 0.5) is 5.69 Å². The number of fused-ring (bicyclic) bond motifs is 3. The second-order valence-electron chi connectivity index (χ2n) is 7.11. The van der Waals surface area contributed by atoms with Gasteiger partial charge >= 0.3 is 0 Å². The number of aromatic nitrogens is 1. The topological polar surface area (TPSA) is 88.2 Å². The molecular weight excluding hydrogens is 314 g/mol. The third-order valence-corrected chi connectivity index (χ3v) is 7.05. The number of hydrogen-bond acceptors (Lipinski definition) is 4. The molecule has 6 nitrogen and oxygen atoms in total. The van der Waals surface area contributed by atoms with Crippen molar-refractivity contribution in [2.75, 3.05) is 11.1 Å². The summed E-state index contributed by atoms with van der Waals surface area (Å²) in [5, 5.41) is 2.75. The van der Waals surface area contributed by atoms with Crippen LogP contribution in [-0.2, 0) is 21.2 Å². The molecule has 2 aliphatic carbocycles. The summed E-state index contributed by atoms with van der Waals surface area (Å²) in [5.74, 6) is 1.39. The Labute approximate surface area is 136 Å². The highest BCUT2D eigenvalue weighted by Gasteiger charge is 2.42. The van der Waals surface area contributed by atoms with Gasteiger partial charge in [-0.1, -0.05) is 6.42 Å². The molecule has 0 spiro atoms. The molecule has 7 heteroatoms. The van der Waals surface area contributed by atoms with Crippen molar-refractivity contribution in [1.82, 2.24) is 9.71 Å². The fraction of sp³-hybridized carbons (Fsp3) is 0.625. The summed E-state index contributed by atoms with van der Waals surface area (Å²) in [4.78, 5) is 16.2. The molecule has 0 aromatic carbocycles. The molecule has 4 unspecified atom stereocenters. The fourth-order valence-corrected chi connectivity index (χ4v) is 6.16. The van der Waals surface area contributed by atoms with Crippen LogP contribution < -0.4 is 10.0 Å². The number of carbonyl (C=O) groups is 1. The fourth-order valence-electron chi connectivity index (χ4n) is 4.47. The van der Waals surface area contributed by atoms with Crippen LogP contribution in [0.2, 0.25) is 0 Å². The van der Waals surface area contributed by atoms with Gasteiger partial charge < -0.3 is 5.32 Å². The quantitative estimate of drug-likeness (QED) is 0.868. The Bertz CT molecular complexity index is 734. The lowest BCUT2D eigenvalue weighted by Gasteiger charge is -2.26. The predicted molar refractivity (Wildman–Crippen MR) is 86.2 cm³/mol. The van der Waals surface area contributed by atoms with Gasteiger partial charge in [-0.2, -0.15) is 0 Å². The molecule has 23 heavy (non-hydrogen) atoms. The molecule has 4 rings (SSSR count). The molecule has 2 fully saturated rings. The first-order valence-electron chi connectivity index (χ1n) is 8.24. The van der Waals surface area contributed by atoms with Crippen molar-refractivity contribution in [2.24, 2.45) is 17.8 Å². The third-order valence-electron chi connectivity index (χ3n) is 5.54. The lowest BCUT2D eigenvalue weighted by Crippen LogP contribution is -2.49. The Balaban J connectivity index is 1.44. The Morgan fingerprint density at radius 3 is 2.91 bits per heavy atom.